The minimum absolute atomic E-state index is 0.161. The summed E-state index contributed by atoms with van der Waals surface area (Å²) in [6, 6.07) is 6.53. The fraction of sp³-hybridized carbons (Fsp3) is 0.611. The van der Waals surface area contributed by atoms with Gasteiger partial charge in [-0.05, 0) is 50.5 Å². The maximum absolute atomic E-state index is 12.9. The highest BCUT2D eigenvalue weighted by Crippen LogP contribution is 2.29. The van der Waals surface area contributed by atoms with E-state index in [0.717, 1.165) is 19.3 Å². The predicted molar refractivity (Wildman–Crippen MR) is 94.9 cm³/mol. The fourth-order valence-electron chi connectivity index (χ4n) is 3.29. The molecule has 0 atom stereocenters. The maximum Gasteiger partial charge on any atom is 0.243 e. The number of carbonyl (C=O) groups is 1. The molecule has 6 nitrogen and oxygen atoms in total. The maximum atomic E-state index is 12.9. The molecule has 25 heavy (non-hydrogen) atoms. The third-order valence-corrected chi connectivity index (χ3v) is 6.91. The molecule has 1 heterocycles. The number of sulfonamides is 1. The Labute approximate surface area is 149 Å². The molecule has 0 bridgehead atoms. The van der Waals surface area contributed by atoms with Crippen LogP contribution in [0.2, 0.25) is 0 Å². The molecule has 2 fully saturated rings. The van der Waals surface area contributed by atoms with Crippen LogP contribution in [0.15, 0.2) is 29.2 Å². The summed E-state index contributed by atoms with van der Waals surface area (Å²) in [6.07, 6.45) is 3.75. The van der Waals surface area contributed by atoms with Crippen LogP contribution in [-0.4, -0.2) is 56.3 Å². The lowest BCUT2D eigenvalue weighted by Crippen LogP contribution is -2.41. The highest BCUT2D eigenvalue weighted by Gasteiger charge is 2.32. The van der Waals surface area contributed by atoms with E-state index in [4.69, 9.17) is 4.74 Å². The van der Waals surface area contributed by atoms with Gasteiger partial charge in [0.25, 0.3) is 0 Å². The first-order valence-corrected chi connectivity index (χ1v) is 10.5. The van der Waals surface area contributed by atoms with Crippen molar-refractivity contribution < 1.29 is 17.9 Å². The Kier molecular flexibility index (Phi) is 5.64. The van der Waals surface area contributed by atoms with Gasteiger partial charge < -0.3 is 9.64 Å². The largest absolute Gasteiger partial charge is 0.494 e. The van der Waals surface area contributed by atoms with Crippen molar-refractivity contribution in [3.8, 4) is 5.75 Å². The third kappa shape index (κ3) is 3.98. The summed E-state index contributed by atoms with van der Waals surface area (Å²) in [5.74, 6) is 1.02. The van der Waals surface area contributed by atoms with E-state index in [1.54, 1.807) is 24.3 Å². The zero-order valence-electron chi connectivity index (χ0n) is 14.7. The summed E-state index contributed by atoms with van der Waals surface area (Å²) < 4.78 is 32.6. The molecule has 7 heteroatoms. The van der Waals surface area contributed by atoms with Crippen LogP contribution >= 0.6 is 0 Å². The van der Waals surface area contributed by atoms with Crippen LogP contribution in [-0.2, 0) is 14.8 Å². The SMILES string of the molecule is CCOc1ccc(S(=O)(=O)N2CCCN(C(=O)C3CCC3)CC2)cc1. The molecule has 1 saturated heterocycles. The van der Waals surface area contributed by atoms with E-state index in [2.05, 4.69) is 0 Å². The van der Waals surface area contributed by atoms with Gasteiger partial charge in [-0.15, -0.1) is 0 Å². The molecule has 138 valence electrons. The molecular weight excluding hydrogens is 340 g/mol. The van der Waals surface area contributed by atoms with Crippen molar-refractivity contribution in [2.45, 2.75) is 37.5 Å². The fourth-order valence-corrected chi connectivity index (χ4v) is 4.76. The van der Waals surface area contributed by atoms with Gasteiger partial charge in [0.15, 0.2) is 0 Å². The van der Waals surface area contributed by atoms with Gasteiger partial charge >= 0.3 is 0 Å². The predicted octanol–water partition coefficient (Wildman–Crippen LogP) is 2.11. The second kappa shape index (κ2) is 7.74. The van der Waals surface area contributed by atoms with Crippen LogP contribution in [0.5, 0.6) is 5.75 Å². The average Bonchev–Trinajstić information content (AvgIpc) is 2.80. The molecule has 1 aliphatic heterocycles. The Hall–Kier alpha value is -1.60. The van der Waals surface area contributed by atoms with Crippen molar-refractivity contribution >= 4 is 15.9 Å². The van der Waals surface area contributed by atoms with Crippen LogP contribution in [0, 0.1) is 5.92 Å². The number of nitrogens with zero attached hydrogens (tertiary/aromatic N) is 2. The monoisotopic (exact) mass is 366 g/mol. The number of hydrogen-bond acceptors (Lipinski definition) is 4. The van der Waals surface area contributed by atoms with Gasteiger partial charge in [0, 0.05) is 32.1 Å². The van der Waals surface area contributed by atoms with E-state index >= 15 is 0 Å². The number of benzene rings is 1. The third-order valence-electron chi connectivity index (χ3n) is 4.99. The van der Waals surface area contributed by atoms with Crippen molar-refractivity contribution in [2.24, 2.45) is 5.92 Å². The van der Waals surface area contributed by atoms with E-state index in [1.807, 2.05) is 11.8 Å². The second-order valence-electron chi connectivity index (χ2n) is 6.62. The first kappa shape index (κ1) is 18.2. The molecule has 1 aromatic carbocycles. The van der Waals surface area contributed by atoms with Gasteiger partial charge in [-0.1, -0.05) is 6.42 Å². The minimum Gasteiger partial charge on any atom is -0.494 e. The summed E-state index contributed by atoms with van der Waals surface area (Å²) in [6.45, 7) is 4.36. The van der Waals surface area contributed by atoms with Gasteiger partial charge in [-0.2, -0.15) is 4.31 Å². The lowest BCUT2D eigenvalue weighted by atomic mass is 9.84. The number of amides is 1. The number of rotatable bonds is 5. The first-order valence-electron chi connectivity index (χ1n) is 9.04. The van der Waals surface area contributed by atoms with E-state index < -0.39 is 10.0 Å². The Balaban J connectivity index is 1.67. The lowest BCUT2D eigenvalue weighted by molar-refractivity contribution is -0.138. The Morgan fingerprint density at radius 2 is 1.80 bits per heavy atom. The summed E-state index contributed by atoms with van der Waals surface area (Å²) in [7, 11) is -3.54. The van der Waals surface area contributed by atoms with Gasteiger partial charge in [-0.3, -0.25) is 4.79 Å². The number of ether oxygens (including phenoxy) is 1. The molecule has 1 saturated carbocycles. The number of hydrogen-bond donors (Lipinski definition) is 0. The van der Waals surface area contributed by atoms with E-state index in [1.165, 1.54) is 4.31 Å². The lowest BCUT2D eigenvalue weighted by Gasteiger charge is -2.31. The quantitative estimate of drug-likeness (QED) is 0.800. The first-order chi connectivity index (χ1) is 12.0. The van der Waals surface area contributed by atoms with Crippen molar-refractivity contribution in [1.82, 2.24) is 9.21 Å². The normalized spacial score (nSPS) is 20.0. The molecule has 0 aromatic heterocycles. The molecule has 0 spiro atoms. The molecule has 1 aromatic rings. The highest BCUT2D eigenvalue weighted by molar-refractivity contribution is 7.89. The molecule has 0 N–H and O–H groups in total. The van der Waals surface area contributed by atoms with E-state index in [-0.39, 0.29) is 16.7 Å². The van der Waals surface area contributed by atoms with Crippen LogP contribution in [0.3, 0.4) is 0 Å². The molecule has 3 rings (SSSR count). The topological polar surface area (TPSA) is 66.9 Å². The standard InChI is InChI=1S/C18H26N2O4S/c1-2-24-16-7-9-17(10-8-16)25(22,23)20-12-4-11-19(13-14-20)18(21)15-5-3-6-15/h7-10,15H,2-6,11-14H2,1H3. The molecule has 2 aliphatic rings. The van der Waals surface area contributed by atoms with E-state index in [0.29, 0.717) is 45.0 Å². The van der Waals surface area contributed by atoms with Crippen molar-refractivity contribution in [3.63, 3.8) is 0 Å². The van der Waals surface area contributed by atoms with E-state index in [9.17, 15) is 13.2 Å². The Morgan fingerprint density at radius 1 is 1.08 bits per heavy atom. The summed E-state index contributed by atoms with van der Waals surface area (Å²) in [5, 5.41) is 0. The number of carbonyl (C=O) groups excluding carboxylic acids is 1. The summed E-state index contributed by atoms with van der Waals surface area (Å²) >= 11 is 0. The second-order valence-corrected chi connectivity index (χ2v) is 8.55. The zero-order chi connectivity index (χ0) is 17.9. The Bertz CT molecular complexity index is 698. The van der Waals surface area contributed by atoms with Gasteiger partial charge in [0.1, 0.15) is 5.75 Å². The van der Waals surface area contributed by atoms with Gasteiger partial charge in [0.2, 0.25) is 15.9 Å². The van der Waals surface area contributed by atoms with Crippen molar-refractivity contribution in [1.29, 1.82) is 0 Å². The van der Waals surface area contributed by atoms with Crippen LogP contribution in [0.4, 0.5) is 0 Å². The van der Waals surface area contributed by atoms with Crippen LogP contribution in [0.1, 0.15) is 32.6 Å². The molecule has 0 unspecified atom stereocenters. The van der Waals surface area contributed by atoms with Crippen LogP contribution < -0.4 is 4.74 Å². The molecule has 1 amide bonds. The highest BCUT2D eigenvalue weighted by atomic mass is 32.2. The summed E-state index contributed by atoms with van der Waals surface area (Å²) in [5.41, 5.74) is 0. The minimum atomic E-state index is -3.54. The van der Waals surface area contributed by atoms with Gasteiger partial charge in [0.05, 0.1) is 11.5 Å². The zero-order valence-corrected chi connectivity index (χ0v) is 15.5. The molecule has 1 aliphatic carbocycles. The average molecular weight is 366 g/mol. The van der Waals surface area contributed by atoms with Gasteiger partial charge in [-0.25, -0.2) is 8.42 Å². The summed E-state index contributed by atoms with van der Waals surface area (Å²) in [4.78, 5) is 14.5. The molecule has 0 radical (unpaired) electrons. The van der Waals surface area contributed by atoms with Crippen LogP contribution in [0.25, 0.3) is 0 Å². The Morgan fingerprint density at radius 3 is 2.40 bits per heavy atom. The van der Waals surface area contributed by atoms with Crippen molar-refractivity contribution in [2.75, 3.05) is 32.8 Å². The molecular formula is C18H26N2O4S. The smallest absolute Gasteiger partial charge is 0.243 e. The van der Waals surface area contributed by atoms with Crippen molar-refractivity contribution in [3.05, 3.63) is 24.3 Å².